The third kappa shape index (κ3) is 8.24. The number of allylic oxidation sites excluding steroid dienone is 3. The van der Waals surface area contributed by atoms with Gasteiger partial charge in [0.25, 0.3) is 0 Å². The Labute approximate surface area is 72.3 Å². The highest BCUT2D eigenvalue weighted by Gasteiger charge is 1.82. The van der Waals surface area contributed by atoms with Gasteiger partial charge in [-0.25, -0.2) is 0 Å². The third-order valence-corrected chi connectivity index (χ3v) is 1.20. The minimum atomic E-state index is 0.403. The first-order chi connectivity index (χ1) is 4.13. The van der Waals surface area contributed by atoms with E-state index in [0.717, 1.165) is 0 Å². The fourth-order valence-corrected chi connectivity index (χ4v) is 0.629. The standard InChI is InChI=1S/C6H9Br2N/c1-5(7)3-2-4-6(8)9/h2-5H,9H2,1H3/b3-2-,6-4-. The Morgan fingerprint density at radius 3 is 2.56 bits per heavy atom. The van der Waals surface area contributed by atoms with Gasteiger partial charge < -0.3 is 5.73 Å². The molecule has 0 radical (unpaired) electrons. The van der Waals surface area contributed by atoms with Crippen LogP contribution in [0, 0.1) is 0 Å². The van der Waals surface area contributed by atoms with Crippen LogP contribution in [-0.2, 0) is 0 Å². The lowest BCUT2D eigenvalue weighted by Crippen LogP contribution is -1.84. The van der Waals surface area contributed by atoms with Crippen molar-refractivity contribution in [2.75, 3.05) is 0 Å². The summed E-state index contributed by atoms with van der Waals surface area (Å²) in [6.07, 6.45) is 5.68. The van der Waals surface area contributed by atoms with E-state index in [1.807, 2.05) is 19.1 Å². The fraction of sp³-hybridized carbons (Fsp3) is 0.333. The highest BCUT2D eigenvalue weighted by Crippen LogP contribution is 2.00. The minimum Gasteiger partial charge on any atom is -0.393 e. The van der Waals surface area contributed by atoms with Crippen molar-refractivity contribution in [3.63, 3.8) is 0 Å². The van der Waals surface area contributed by atoms with E-state index in [0.29, 0.717) is 9.43 Å². The van der Waals surface area contributed by atoms with Gasteiger partial charge in [0.2, 0.25) is 0 Å². The van der Waals surface area contributed by atoms with Gasteiger partial charge in [0.1, 0.15) is 0 Å². The van der Waals surface area contributed by atoms with Crippen LogP contribution >= 0.6 is 31.9 Å². The number of hydrogen-bond donors (Lipinski definition) is 1. The van der Waals surface area contributed by atoms with Crippen molar-refractivity contribution in [3.05, 3.63) is 22.8 Å². The quantitative estimate of drug-likeness (QED) is 0.458. The van der Waals surface area contributed by atoms with Gasteiger partial charge in [-0.1, -0.05) is 28.1 Å². The summed E-state index contributed by atoms with van der Waals surface area (Å²) in [7, 11) is 0. The van der Waals surface area contributed by atoms with Gasteiger partial charge in [-0.2, -0.15) is 0 Å². The van der Waals surface area contributed by atoms with Crippen LogP contribution in [0.15, 0.2) is 22.8 Å². The molecule has 1 nitrogen and oxygen atoms in total. The van der Waals surface area contributed by atoms with Gasteiger partial charge in [0.05, 0.1) is 4.61 Å². The van der Waals surface area contributed by atoms with Crippen LogP contribution in [0.2, 0.25) is 0 Å². The first-order valence-corrected chi connectivity index (χ1v) is 4.27. The number of alkyl halides is 1. The smallest absolute Gasteiger partial charge is 0.0753 e. The third-order valence-electron chi connectivity index (χ3n) is 0.632. The molecule has 0 aliphatic rings. The van der Waals surface area contributed by atoms with Crippen molar-refractivity contribution >= 4 is 31.9 Å². The maximum Gasteiger partial charge on any atom is 0.0753 e. The Hall–Kier alpha value is 0.240. The molecule has 0 spiro atoms. The predicted octanol–water partition coefficient (Wildman–Crippen LogP) is 2.52. The van der Waals surface area contributed by atoms with Crippen LogP contribution in [0.1, 0.15) is 6.92 Å². The first-order valence-electron chi connectivity index (χ1n) is 2.56. The number of rotatable bonds is 2. The minimum absolute atomic E-state index is 0.403. The van der Waals surface area contributed by atoms with E-state index in [-0.39, 0.29) is 0 Å². The second-order valence-corrected chi connectivity index (χ2v) is 3.97. The fourth-order valence-electron chi connectivity index (χ4n) is 0.301. The van der Waals surface area contributed by atoms with Crippen LogP contribution in [-0.4, -0.2) is 4.83 Å². The van der Waals surface area contributed by atoms with Crippen LogP contribution < -0.4 is 5.73 Å². The molecule has 0 saturated carbocycles. The summed E-state index contributed by atoms with van der Waals surface area (Å²) in [5.74, 6) is 0. The van der Waals surface area contributed by atoms with E-state index in [1.54, 1.807) is 6.08 Å². The van der Waals surface area contributed by atoms with E-state index in [9.17, 15) is 0 Å². The summed E-state index contributed by atoms with van der Waals surface area (Å²) >= 11 is 6.45. The Kier molecular flexibility index (Phi) is 5.19. The first kappa shape index (κ1) is 9.24. The molecule has 0 aromatic carbocycles. The SMILES string of the molecule is CC(Br)/C=C\C=C(/N)Br. The molecule has 0 amide bonds. The zero-order chi connectivity index (χ0) is 7.28. The lowest BCUT2D eigenvalue weighted by atomic mass is 10.4. The summed E-state index contributed by atoms with van der Waals surface area (Å²) in [5.41, 5.74) is 5.29. The van der Waals surface area contributed by atoms with Crippen molar-refractivity contribution in [1.29, 1.82) is 0 Å². The normalized spacial score (nSPS) is 16.6. The number of halogens is 2. The lowest BCUT2D eigenvalue weighted by molar-refractivity contribution is 1.27. The molecule has 2 N–H and O–H groups in total. The molecule has 0 aromatic heterocycles. The highest BCUT2D eigenvalue weighted by atomic mass is 79.9. The topological polar surface area (TPSA) is 26.0 Å². The summed E-state index contributed by atoms with van der Waals surface area (Å²) in [6.45, 7) is 2.04. The van der Waals surface area contributed by atoms with E-state index in [2.05, 4.69) is 31.9 Å². The number of nitrogens with two attached hydrogens (primary N) is 1. The maximum atomic E-state index is 5.29. The van der Waals surface area contributed by atoms with Crippen molar-refractivity contribution in [1.82, 2.24) is 0 Å². The predicted molar refractivity (Wildman–Crippen MR) is 48.7 cm³/mol. The van der Waals surface area contributed by atoms with E-state index in [1.165, 1.54) is 0 Å². The highest BCUT2D eigenvalue weighted by molar-refractivity contribution is 9.11. The Morgan fingerprint density at radius 2 is 2.22 bits per heavy atom. The largest absolute Gasteiger partial charge is 0.393 e. The Morgan fingerprint density at radius 1 is 1.67 bits per heavy atom. The zero-order valence-electron chi connectivity index (χ0n) is 5.14. The molecule has 0 aliphatic carbocycles. The molecule has 52 valence electrons. The van der Waals surface area contributed by atoms with Crippen molar-refractivity contribution in [3.8, 4) is 0 Å². The molecule has 0 heterocycles. The van der Waals surface area contributed by atoms with Crippen LogP contribution in [0.5, 0.6) is 0 Å². The molecule has 0 aromatic rings. The second-order valence-electron chi connectivity index (χ2n) is 1.61. The lowest BCUT2D eigenvalue weighted by Gasteiger charge is -1.87. The molecule has 0 fully saturated rings. The monoisotopic (exact) mass is 253 g/mol. The van der Waals surface area contributed by atoms with Crippen LogP contribution in [0.25, 0.3) is 0 Å². The summed E-state index contributed by atoms with van der Waals surface area (Å²) in [6, 6.07) is 0. The van der Waals surface area contributed by atoms with Crippen molar-refractivity contribution in [2.24, 2.45) is 5.73 Å². The van der Waals surface area contributed by atoms with Gasteiger partial charge in [-0.15, -0.1) is 0 Å². The van der Waals surface area contributed by atoms with Gasteiger partial charge in [-0.05, 0) is 28.9 Å². The molecule has 0 aliphatic heterocycles. The van der Waals surface area contributed by atoms with Crippen LogP contribution in [0.3, 0.4) is 0 Å². The van der Waals surface area contributed by atoms with Gasteiger partial charge in [0, 0.05) is 4.83 Å². The maximum absolute atomic E-state index is 5.29. The summed E-state index contributed by atoms with van der Waals surface area (Å²) in [5, 5.41) is 0. The zero-order valence-corrected chi connectivity index (χ0v) is 8.31. The molecule has 1 atom stereocenters. The van der Waals surface area contributed by atoms with Crippen molar-refractivity contribution < 1.29 is 0 Å². The Bertz CT molecular complexity index is 123. The van der Waals surface area contributed by atoms with Crippen molar-refractivity contribution in [2.45, 2.75) is 11.8 Å². The molecular formula is C6H9Br2N. The molecule has 0 bridgehead atoms. The van der Waals surface area contributed by atoms with Gasteiger partial charge in [0.15, 0.2) is 0 Å². The van der Waals surface area contributed by atoms with E-state index in [4.69, 9.17) is 5.73 Å². The Balaban J connectivity index is 3.60. The average molecular weight is 255 g/mol. The van der Waals surface area contributed by atoms with Gasteiger partial charge >= 0.3 is 0 Å². The molecular weight excluding hydrogens is 246 g/mol. The van der Waals surface area contributed by atoms with Crippen LogP contribution in [0.4, 0.5) is 0 Å². The van der Waals surface area contributed by atoms with E-state index >= 15 is 0 Å². The molecule has 3 heteroatoms. The van der Waals surface area contributed by atoms with E-state index < -0.39 is 0 Å². The summed E-state index contributed by atoms with van der Waals surface area (Å²) in [4.78, 5) is 0.403. The summed E-state index contributed by atoms with van der Waals surface area (Å²) < 4.78 is 0.645. The average Bonchev–Trinajstić information content (AvgIpc) is 1.63. The molecule has 0 saturated heterocycles. The number of hydrogen-bond acceptors (Lipinski definition) is 1. The molecule has 1 unspecified atom stereocenters. The second kappa shape index (κ2) is 5.06. The molecule has 0 rings (SSSR count). The van der Waals surface area contributed by atoms with Gasteiger partial charge in [-0.3, -0.25) is 0 Å². The molecule has 9 heavy (non-hydrogen) atoms.